The van der Waals surface area contributed by atoms with Crippen molar-refractivity contribution in [1.82, 2.24) is 4.98 Å². The van der Waals surface area contributed by atoms with Crippen LogP contribution in [0.15, 0.2) is 24.3 Å². The minimum Gasteiger partial charge on any atom is -0.476 e. The van der Waals surface area contributed by atoms with Crippen molar-refractivity contribution >= 4 is 17.3 Å². The first-order chi connectivity index (χ1) is 10.3. The van der Waals surface area contributed by atoms with E-state index in [9.17, 15) is 18.0 Å². The first-order valence-corrected chi connectivity index (χ1v) is 6.87. The van der Waals surface area contributed by atoms with Gasteiger partial charge in [0.1, 0.15) is 11.5 Å². The van der Waals surface area contributed by atoms with Crippen LogP contribution < -0.4 is 9.47 Å². The van der Waals surface area contributed by atoms with Gasteiger partial charge in [0.05, 0.1) is 0 Å². The molecular weight excluding hydrogens is 323 g/mol. The zero-order chi connectivity index (χ0) is 16.3. The standard InChI is InChI=1S/C13H10F3NO4S/c1-2-9-10(11(18)19)17-12(22-9)20-7-3-5-8(6-4-7)21-13(14,15)16/h3-6H,2H2,1H3,(H,18,19). The predicted octanol–water partition coefficient (Wildman–Crippen LogP) is 4.09. The van der Waals surface area contributed by atoms with Gasteiger partial charge in [0.25, 0.3) is 5.19 Å². The Bertz CT molecular complexity index is 667. The van der Waals surface area contributed by atoms with Crippen LogP contribution in [0, 0.1) is 0 Å². The topological polar surface area (TPSA) is 68.7 Å². The van der Waals surface area contributed by atoms with E-state index < -0.39 is 12.3 Å². The Labute approximate surface area is 126 Å². The average molecular weight is 333 g/mol. The van der Waals surface area contributed by atoms with Gasteiger partial charge in [-0.2, -0.15) is 4.98 Å². The summed E-state index contributed by atoms with van der Waals surface area (Å²) in [6.45, 7) is 1.78. The van der Waals surface area contributed by atoms with Crippen LogP contribution in [0.5, 0.6) is 16.7 Å². The summed E-state index contributed by atoms with van der Waals surface area (Å²) in [5.41, 5.74) is -0.0838. The van der Waals surface area contributed by atoms with Gasteiger partial charge in [-0.1, -0.05) is 18.3 Å². The zero-order valence-electron chi connectivity index (χ0n) is 11.2. The number of nitrogens with zero attached hydrogens (tertiary/aromatic N) is 1. The molecule has 0 amide bonds. The van der Waals surface area contributed by atoms with Gasteiger partial charge in [-0.15, -0.1) is 13.2 Å². The molecule has 0 aliphatic carbocycles. The number of hydrogen-bond acceptors (Lipinski definition) is 5. The molecule has 1 heterocycles. The minimum atomic E-state index is -4.76. The number of hydrogen-bond donors (Lipinski definition) is 1. The molecule has 0 aliphatic rings. The van der Waals surface area contributed by atoms with Crippen molar-refractivity contribution in [1.29, 1.82) is 0 Å². The van der Waals surface area contributed by atoms with Crippen molar-refractivity contribution in [3.63, 3.8) is 0 Å². The molecule has 0 bridgehead atoms. The first-order valence-electron chi connectivity index (χ1n) is 6.05. The van der Waals surface area contributed by atoms with E-state index in [2.05, 4.69) is 9.72 Å². The van der Waals surface area contributed by atoms with Crippen LogP contribution in [0.4, 0.5) is 13.2 Å². The number of thiazole rings is 1. The van der Waals surface area contributed by atoms with Crippen molar-refractivity contribution < 1.29 is 32.5 Å². The summed E-state index contributed by atoms with van der Waals surface area (Å²) in [5, 5.41) is 9.10. The zero-order valence-corrected chi connectivity index (χ0v) is 12.0. The van der Waals surface area contributed by atoms with Crippen LogP contribution in [0.25, 0.3) is 0 Å². The molecule has 0 aliphatic heterocycles. The molecular formula is C13H10F3NO4S. The number of carbonyl (C=O) groups is 1. The average Bonchev–Trinajstić information content (AvgIpc) is 2.82. The van der Waals surface area contributed by atoms with E-state index in [1.807, 2.05) is 0 Å². The molecule has 2 aromatic rings. The van der Waals surface area contributed by atoms with Crippen molar-refractivity contribution in [3.8, 4) is 16.7 Å². The molecule has 2 rings (SSSR count). The Morgan fingerprint density at radius 3 is 2.32 bits per heavy atom. The number of alkyl halides is 3. The van der Waals surface area contributed by atoms with Gasteiger partial charge in [0.2, 0.25) is 0 Å². The summed E-state index contributed by atoms with van der Waals surface area (Å²) in [6.07, 6.45) is -4.27. The second kappa shape index (κ2) is 6.22. The Hall–Kier alpha value is -2.29. The number of aryl methyl sites for hydroxylation is 1. The highest BCUT2D eigenvalue weighted by atomic mass is 32.1. The summed E-state index contributed by atoms with van der Waals surface area (Å²) in [4.78, 5) is 15.4. The van der Waals surface area contributed by atoms with Crippen LogP contribution in [-0.4, -0.2) is 22.4 Å². The van der Waals surface area contributed by atoms with Crippen LogP contribution in [0.3, 0.4) is 0 Å². The molecule has 5 nitrogen and oxygen atoms in total. The summed E-state index contributed by atoms with van der Waals surface area (Å²) >= 11 is 1.07. The molecule has 0 saturated heterocycles. The summed E-state index contributed by atoms with van der Waals surface area (Å²) < 4.78 is 45.2. The van der Waals surface area contributed by atoms with Gasteiger partial charge in [-0.25, -0.2) is 4.79 Å². The Balaban J connectivity index is 2.12. The molecule has 1 aromatic carbocycles. The Morgan fingerprint density at radius 2 is 1.86 bits per heavy atom. The lowest BCUT2D eigenvalue weighted by atomic mass is 10.3. The number of carboxylic acid groups (broad SMARTS) is 1. The fourth-order valence-corrected chi connectivity index (χ4v) is 2.45. The molecule has 1 aromatic heterocycles. The third kappa shape index (κ3) is 4.10. The van der Waals surface area contributed by atoms with Crippen LogP contribution in [0.2, 0.25) is 0 Å². The molecule has 0 unspecified atom stereocenters. The maximum absolute atomic E-state index is 12.0. The van der Waals surface area contributed by atoms with Gasteiger partial charge in [0.15, 0.2) is 5.69 Å². The van der Waals surface area contributed by atoms with Gasteiger partial charge < -0.3 is 14.6 Å². The monoisotopic (exact) mass is 333 g/mol. The smallest absolute Gasteiger partial charge is 0.476 e. The maximum atomic E-state index is 12.0. The highest BCUT2D eigenvalue weighted by molar-refractivity contribution is 7.13. The fourth-order valence-electron chi connectivity index (χ4n) is 1.59. The number of ether oxygens (including phenoxy) is 2. The molecule has 0 atom stereocenters. The third-order valence-corrected chi connectivity index (χ3v) is 3.54. The van der Waals surface area contributed by atoms with Gasteiger partial charge in [0, 0.05) is 4.88 Å². The van der Waals surface area contributed by atoms with Crippen molar-refractivity contribution in [3.05, 3.63) is 34.8 Å². The van der Waals surface area contributed by atoms with E-state index in [4.69, 9.17) is 9.84 Å². The van der Waals surface area contributed by atoms with Crippen LogP contribution in [0.1, 0.15) is 22.3 Å². The number of benzene rings is 1. The van der Waals surface area contributed by atoms with E-state index in [0.29, 0.717) is 11.3 Å². The lowest BCUT2D eigenvalue weighted by molar-refractivity contribution is -0.274. The number of carboxylic acids is 1. The van der Waals surface area contributed by atoms with E-state index >= 15 is 0 Å². The molecule has 118 valence electrons. The van der Waals surface area contributed by atoms with Gasteiger partial charge in [-0.3, -0.25) is 0 Å². The molecule has 0 fully saturated rings. The summed E-state index contributed by atoms with van der Waals surface area (Å²) in [5.74, 6) is -1.31. The fraction of sp³-hybridized carbons (Fsp3) is 0.231. The highest BCUT2D eigenvalue weighted by Crippen LogP contribution is 2.31. The third-order valence-electron chi connectivity index (χ3n) is 2.46. The Morgan fingerprint density at radius 1 is 1.27 bits per heavy atom. The number of rotatable bonds is 5. The van der Waals surface area contributed by atoms with Gasteiger partial charge >= 0.3 is 12.3 Å². The van der Waals surface area contributed by atoms with Gasteiger partial charge in [-0.05, 0) is 30.7 Å². The van der Waals surface area contributed by atoms with Crippen molar-refractivity contribution in [2.75, 3.05) is 0 Å². The summed E-state index contributed by atoms with van der Waals surface area (Å²) in [7, 11) is 0. The summed E-state index contributed by atoms with van der Waals surface area (Å²) in [6, 6.07) is 4.73. The number of aromatic nitrogens is 1. The molecule has 0 spiro atoms. The highest BCUT2D eigenvalue weighted by Gasteiger charge is 2.31. The van der Waals surface area contributed by atoms with E-state index in [0.717, 1.165) is 23.5 Å². The van der Waals surface area contributed by atoms with Crippen molar-refractivity contribution in [2.24, 2.45) is 0 Å². The lowest BCUT2D eigenvalue weighted by Crippen LogP contribution is -2.16. The second-order valence-electron chi connectivity index (χ2n) is 4.03. The SMILES string of the molecule is CCc1sc(Oc2ccc(OC(F)(F)F)cc2)nc1C(=O)O. The number of aromatic carboxylic acids is 1. The molecule has 1 N–H and O–H groups in total. The van der Waals surface area contributed by atoms with Crippen LogP contribution in [-0.2, 0) is 6.42 Å². The molecule has 0 saturated carbocycles. The van der Waals surface area contributed by atoms with E-state index in [-0.39, 0.29) is 22.4 Å². The predicted molar refractivity (Wildman–Crippen MR) is 71.7 cm³/mol. The largest absolute Gasteiger partial charge is 0.573 e. The van der Waals surface area contributed by atoms with E-state index in [1.54, 1.807) is 6.92 Å². The lowest BCUT2D eigenvalue weighted by Gasteiger charge is -2.09. The molecule has 0 radical (unpaired) electrons. The first kappa shape index (κ1) is 16.1. The van der Waals surface area contributed by atoms with E-state index in [1.165, 1.54) is 12.1 Å². The normalized spacial score (nSPS) is 11.3. The Kier molecular flexibility index (Phi) is 4.55. The molecule has 9 heteroatoms. The maximum Gasteiger partial charge on any atom is 0.573 e. The number of halogens is 3. The quantitative estimate of drug-likeness (QED) is 0.892. The second-order valence-corrected chi connectivity index (χ2v) is 5.08. The molecule has 22 heavy (non-hydrogen) atoms. The van der Waals surface area contributed by atoms with Crippen LogP contribution >= 0.6 is 11.3 Å². The minimum absolute atomic E-state index is 0.0838. The van der Waals surface area contributed by atoms with Crippen molar-refractivity contribution in [2.45, 2.75) is 19.7 Å².